The summed E-state index contributed by atoms with van der Waals surface area (Å²) in [7, 11) is 0. The lowest BCUT2D eigenvalue weighted by atomic mass is 9.70. The molecule has 3 saturated heterocycles. The van der Waals surface area contributed by atoms with Gasteiger partial charge in [-0.25, -0.2) is 0 Å². The number of carbonyl (C=O) groups excluding carboxylic acids is 1. The van der Waals surface area contributed by atoms with Crippen molar-refractivity contribution in [3.63, 3.8) is 0 Å². The third-order valence-corrected chi connectivity index (χ3v) is 5.29. The zero-order chi connectivity index (χ0) is 13.2. The highest BCUT2D eigenvalue weighted by Crippen LogP contribution is 2.57. The summed E-state index contributed by atoms with van der Waals surface area (Å²) in [6.45, 7) is 0.634. The van der Waals surface area contributed by atoms with Gasteiger partial charge in [-0.2, -0.15) is 0 Å². The summed E-state index contributed by atoms with van der Waals surface area (Å²) in [5, 5.41) is 4.18. The molecule has 3 heterocycles. The van der Waals surface area contributed by atoms with Crippen LogP contribution in [0.4, 0.5) is 0 Å². The van der Waals surface area contributed by atoms with Gasteiger partial charge in [0.05, 0.1) is 17.6 Å². The van der Waals surface area contributed by atoms with Crippen molar-refractivity contribution < 1.29 is 9.53 Å². The maximum absolute atomic E-state index is 12.1. The Bertz CT molecular complexity index is 577. The molecule has 3 aliphatic heterocycles. The van der Waals surface area contributed by atoms with E-state index >= 15 is 0 Å². The van der Waals surface area contributed by atoms with Gasteiger partial charge in [-0.15, -0.1) is 0 Å². The van der Waals surface area contributed by atoms with Crippen LogP contribution in [0.1, 0.15) is 24.3 Å². The van der Waals surface area contributed by atoms with Crippen LogP contribution in [0.15, 0.2) is 18.2 Å². The fourth-order valence-corrected chi connectivity index (χ4v) is 4.50. The third kappa shape index (κ3) is 1.52. The molecule has 4 atom stereocenters. The number of amides is 1. The highest BCUT2D eigenvalue weighted by molar-refractivity contribution is 6.35. The smallest absolute Gasteiger partial charge is 0.226 e. The van der Waals surface area contributed by atoms with Gasteiger partial charge >= 0.3 is 0 Å². The molecule has 100 valence electrons. The van der Waals surface area contributed by atoms with Crippen LogP contribution in [0.2, 0.25) is 10.0 Å². The van der Waals surface area contributed by atoms with Crippen molar-refractivity contribution >= 4 is 29.1 Å². The van der Waals surface area contributed by atoms with E-state index in [9.17, 15) is 4.79 Å². The molecule has 2 bridgehead atoms. The van der Waals surface area contributed by atoms with Gasteiger partial charge in [0, 0.05) is 22.5 Å². The highest BCUT2D eigenvalue weighted by atomic mass is 35.5. The van der Waals surface area contributed by atoms with Crippen LogP contribution in [0, 0.1) is 5.92 Å². The Balaban J connectivity index is 1.81. The van der Waals surface area contributed by atoms with Gasteiger partial charge in [0.2, 0.25) is 5.91 Å². The molecule has 1 spiro atoms. The number of halogens is 2. The first-order valence-corrected chi connectivity index (χ1v) is 7.27. The maximum Gasteiger partial charge on any atom is 0.226 e. The highest BCUT2D eigenvalue weighted by Gasteiger charge is 2.65. The Morgan fingerprint density at radius 3 is 3.00 bits per heavy atom. The van der Waals surface area contributed by atoms with Crippen LogP contribution in [0.3, 0.4) is 0 Å². The Labute approximate surface area is 121 Å². The van der Waals surface area contributed by atoms with Gasteiger partial charge in [-0.05, 0) is 30.5 Å². The van der Waals surface area contributed by atoms with Crippen molar-refractivity contribution in [3.05, 3.63) is 33.8 Å². The zero-order valence-corrected chi connectivity index (χ0v) is 11.7. The van der Waals surface area contributed by atoms with E-state index in [1.807, 2.05) is 12.1 Å². The lowest BCUT2D eigenvalue weighted by Gasteiger charge is -2.28. The Morgan fingerprint density at radius 1 is 1.37 bits per heavy atom. The van der Waals surface area contributed by atoms with Crippen molar-refractivity contribution in [2.24, 2.45) is 5.92 Å². The first kappa shape index (κ1) is 12.0. The fraction of sp³-hybridized carbons (Fsp3) is 0.500. The van der Waals surface area contributed by atoms with Crippen LogP contribution in [0.5, 0.6) is 0 Å². The second kappa shape index (κ2) is 3.87. The number of fused-ring (bicyclic) bond motifs is 1. The first-order chi connectivity index (χ1) is 9.11. The molecule has 3 fully saturated rings. The zero-order valence-electron chi connectivity index (χ0n) is 10.2. The van der Waals surface area contributed by atoms with Gasteiger partial charge in [0.25, 0.3) is 0 Å². The van der Waals surface area contributed by atoms with Crippen LogP contribution < -0.4 is 5.32 Å². The summed E-state index contributed by atoms with van der Waals surface area (Å²) in [4.78, 5) is 12.1. The Kier molecular flexibility index (Phi) is 2.45. The van der Waals surface area contributed by atoms with E-state index in [2.05, 4.69) is 5.32 Å². The molecule has 1 unspecified atom stereocenters. The summed E-state index contributed by atoms with van der Waals surface area (Å²) >= 11 is 12.3. The number of nitrogens with one attached hydrogen (secondary N) is 1. The molecule has 1 amide bonds. The molecule has 0 saturated carbocycles. The van der Waals surface area contributed by atoms with Gasteiger partial charge in [0.1, 0.15) is 0 Å². The molecule has 0 radical (unpaired) electrons. The second-order valence-electron chi connectivity index (χ2n) is 5.65. The lowest BCUT2D eigenvalue weighted by molar-refractivity contribution is -0.124. The van der Waals surface area contributed by atoms with Crippen molar-refractivity contribution in [1.82, 2.24) is 5.32 Å². The summed E-state index contributed by atoms with van der Waals surface area (Å²) < 4.78 is 6.13. The Hall–Kier alpha value is -0.770. The van der Waals surface area contributed by atoms with Crippen molar-refractivity contribution in [1.29, 1.82) is 0 Å². The topological polar surface area (TPSA) is 38.3 Å². The molecule has 3 nitrogen and oxygen atoms in total. The molecular weight excluding hydrogens is 285 g/mol. The fourth-order valence-electron chi connectivity index (χ4n) is 3.97. The van der Waals surface area contributed by atoms with Gasteiger partial charge in [-0.3, -0.25) is 4.79 Å². The van der Waals surface area contributed by atoms with Crippen molar-refractivity contribution in [2.75, 3.05) is 6.54 Å². The number of ether oxygens (including phenoxy) is 1. The van der Waals surface area contributed by atoms with Crippen molar-refractivity contribution in [2.45, 2.75) is 30.5 Å². The predicted octanol–water partition coefficient (Wildman–Crippen LogP) is 2.75. The third-order valence-electron chi connectivity index (χ3n) is 4.73. The first-order valence-electron chi connectivity index (χ1n) is 6.51. The molecule has 19 heavy (non-hydrogen) atoms. The van der Waals surface area contributed by atoms with Gasteiger partial charge in [-0.1, -0.05) is 29.3 Å². The van der Waals surface area contributed by atoms with Gasteiger partial charge < -0.3 is 10.1 Å². The van der Waals surface area contributed by atoms with Crippen LogP contribution >= 0.6 is 23.2 Å². The molecule has 0 aromatic heterocycles. The number of rotatable bonds is 1. The largest absolute Gasteiger partial charge is 0.368 e. The molecule has 1 N–H and O–H groups in total. The minimum Gasteiger partial charge on any atom is -0.368 e. The van der Waals surface area contributed by atoms with Crippen LogP contribution in [-0.2, 0) is 9.53 Å². The molecule has 0 aliphatic carbocycles. The van der Waals surface area contributed by atoms with E-state index in [0.29, 0.717) is 16.6 Å². The molecule has 5 heteroatoms. The summed E-state index contributed by atoms with van der Waals surface area (Å²) in [5.41, 5.74) is 0.690. The maximum atomic E-state index is 12.1. The summed E-state index contributed by atoms with van der Waals surface area (Å²) in [5.74, 6) is 0.0455. The number of hydrogen-bond acceptors (Lipinski definition) is 2. The number of benzene rings is 1. The van der Waals surface area contributed by atoms with Crippen molar-refractivity contribution in [3.8, 4) is 0 Å². The quantitative estimate of drug-likeness (QED) is 0.866. The minimum atomic E-state index is -0.296. The number of carbonyl (C=O) groups is 1. The SMILES string of the molecule is O=C1NC[C@@]23CC[C@@H](O2)[C@@H](c2ccc(Cl)cc2Cl)C13. The lowest BCUT2D eigenvalue weighted by Crippen LogP contribution is -2.37. The minimum absolute atomic E-state index is 0.0565. The van der Waals surface area contributed by atoms with E-state index in [1.165, 1.54) is 0 Å². The number of hydrogen-bond donors (Lipinski definition) is 1. The molecule has 3 aliphatic rings. The summed E-state index contributed by atoms with van der Waals surface area (Å²) in [6, 6.07) is 5.50. The van der Waals surface area contributed by atoms with Gasteiger partial charge in [0.15, 0.2) is 0 Å². The van der Waals surface area contributed by atoms with E-state index in [4.69, 9.17) is 27.9 Å². The predicted molar refractivity (Wildman–Crippen MR) is 72.5 cm³/mol. The van der Waals surface area contributed by atoms with Crippen LogP contribution in [0.25, 0.3) is 0 Å². The average molecular weight is 298 g/mol. The average Bonchev–Trinajstić information content (AvgIpc) is 3.01. The monoisotopic (exact) mass is 297 g/mol. The van der Waals surface area contributed by atoms with E-state index in [-0.39, 0.29) is 29.4 Å². The summed E-state index contributed by atoms with van der Waals surface area (Å²) in [6.07, 6.45) is 2.06. The van der Waals surface area contributed by atoms with E-state index < -0.39 is 0 Å². The standard InChI is InChI=1S/C14H13Cl2NO2/c15-7-1-2-8(9(16)5-7)11-10-3-4-14(19-10)6-17-13(18)12(11)14/h1-2,5,10-12H,3-4,6H2,(H,17,18)/t10-,11-,12?,14-/m1/s1. The molecular formula is C14H13Cl2NO2. The molecule has 1 aromatic rings. The van der Waals surface area contributed by atoms with E-state index in [0.717, 1.165) is 18.4 Å². The van der Waals surface area contributed by atoms with E-state index in [1.54, 1.807) is 6.07 Å². The Morgan fingerprint density at radius 2 is 2.21 bits per heavy atom. The normalized spacial score (nSPS) is 39.5. The molecule has 1 aromatic carbocycles. The molecule has 4 rings (SSSR count). The second-order valence-corrected chi connectivity index (χ2v) is 6.49. The van der Waals surface area contributed by atoms with Crippen LogP contribution in [-0.4, -0.2) is 24.2 Å².